The molecular weight excluding hydrogens is 238 g/mol. The van der Waals surface area contributed by atoms with Gasteiger partial charge in [0, 0.05) is 13.0 Å². The number of carboxylic acid groups (broad SMARTS) is 1. The summed E-state index contributed by atoms with van der Waals surface area (Å²) in [5.41, 5.74) is 0. The van der Waals surface area contributed by atoms with Crippen molar-refractivity contribution in [1.29, 1.82) is 0 Å². The van der Waals surface area contributed by atoms with Crippen LogP contribution in [0.4, 0.5) is 5.95 Å². The van der Waals surface area contributed by atoms with Gasteiger partial charge in [-0.15, -0.1) is 0 Å². The van der Waals surface area contributed by atoms with Crippen LogP contribution in [0.5, 0.6) is 11.8 Å². The lowest BCUT2D eigenvalue weighted by Crippen LogP contribution is -2.07. The summed E-state index contributed by atoms with van der Waals surface area (Å²) in [6.45, 7) is 0.601. The Balaban J connectivity index is 2.43. The van der Waals surface area contributed by atoms with Crippen LogP contribution < -0.4 is 14.8 Å². The monoisotopic (exact) mass is 255 g/mol. The summed E-state index contributed by atoms with van der Waals surface area (Å²) in [7, 11) is 3.02. The molecule has 18 heavy (non-hydrogen) atoms. The first-order valence-electron chi connectivity index (χ1n) is 5.58. The third-order valence-electron chi connectivity index (χ3n) is 2.20. The predicted molar refractivity (Wildman–Crippen MR) is 65.1 cm³/mol. The van der Waals surface area contributed by atoms with Gasteiger partial charge in [0.15, 0.2) is 0 Å². The Bertz CT molecular complexity index is 376. The molecule has 0 spiro atoms. The molecule has 0 aliphatic rings. The molecule has 0 saturated carbocycles. The second-order valence-electron chi connectivity index (χ2n) is 3.55. The molecule has 0 unspecified atom stereocenters. The lowest BCUT2D eigenvalue weighted by atomic mass is 10.2. The van der Waals surface area contributed by atoms with Crippen molar-refractivity contribution in [1.82, 2.24) is 9.97 Å². The number of hydrogen-bond acceptors (Lipinski definition) is 6. The third-order valence-corrected chi connectivity index (χ3v) is 2.20. The first kappa shape index (κ1) is 14.0. The van der Waals surface area contributed by atoms with Crippen molar-refractivity contribution < 1.29 is 19.4 Å². The van der Waals surface area contributed by atoms with Gasteiger partial charge < -0.3 is 19.9 Å². The Morgan fingerprint density at radius 3 is 2.39 bits per heavy atom. The summed E-state index contributed by atoms with van der Waals surface area (Å²) < 4.78 is 10.0. The first-order valence-corrected chi connectivity index (χ1v) is 5.58. The highest BCUT2D eigenvalue weighted by Crippen LogP contribution is 2.17. The van der Waals surface area contributed by atoms with Gasteiger partial charge in [-0.1, -0.05) is 0 Å². The number of ether oxygens (including phenoxy) is 2. The van der Waals surface area contributed by atoms with Crippen LogP contribution in [0, 0.1) is 0 Å². The zero-order chi connectivity index (χ0) is 13.4. The van der Waals surface area contributed by atoms with Gasteiger partial charge in [0.2, 0.25) is 17.7 Å². The van der Waals surface area contributed by atoms with E-state index in [0.717, 1.165) is 6.42 Å². The number of methoxy groups -OCH3 is 2. The van der Waals surface area contributed by atoms with Crippen molar-refractivity contribution >= 4 is 11.9 Å². The summed E-state index contributed by atoms with van der Waals surface area (Å²) in [6.07, 6.45) is 1.52. The minimum absolute atomic E-state index is 0.171. The molecule has 0 aliphatic carbocycles. The van der Waals surface area contributed by atoms with Gasteiger partial charge in [0.1, 0.15) is 0 Å². The molecule has 7 heteroatoms. The van der Waals surface area contributed by atoms with E-state index in [9.17, 15) is 4.79 Å². The summed E-state index contributed by atoms with van der Waals surface area (Å²) in [5, 5.41) is 11.5. The number of nitrogens with one attached hydrogen (secondary N) is 1. The molecule has 1 heterocycles. The average molecular weight is 255 g/mol. The van der Waals surface area contributed by atoms with E-state index in [1.54, 1.807) is 6.07 Å². The highest BCUT2D eigenvalue weighted by Gasteiger charge is 2.04. The fraction of sp³-hybridized carbons (Fsp3) is 0.545. The van der Waals surface area contributed by atoms with Crippen molar-refractivity contribution in [2.75, 3.05) is 26.1 Å². The highest BCUT2D eigenvalue weighted by molar-refractivity contribution is 5.66. The van der Waals surface area contributed by atoms with E-state index in [1.165, 1.54) is 14.2 Å². The topological polar surface area (TPSA) is 93.6 Å². The van der Waals surface area contributed by atoms with E-state index in [2.05, 4.69) is 15.3 Å². The molecule has 7 nitrogen and oxygen atoms in total. The Hall–Kier alpha value is -2.05. The quantitative estimate of drug-likeness (QED) is 0.673. The number of carbonyl (C=O) groups is 1. The number of rotatable bonds is 8. The average Bonchev–Trinajstić information content (AvgIpc) is 2.37. The number of unbranched alkanes of at least 4 members (excludes halogenated alkanes) is 1. The zero-order valence-electron chi connectivity index (χ0n) is 10.5. The number of aliphatic carboxylic acids is 1. The van der Waals surface area contributed by atoms with Crippen LogP contribution in [-0.2, 0) is 4.79 Å². The summed E-state index contributed by atoms with van der Waals surface area (Å²) in [5.74, 6) is 0.445. The van der Waals surface area contributed by atoms with Gasteiger partial charge in [-0.2, -0.15) is 9.97 Å². The summed E-state index contributed by atoms with van der Waals surface area (Å²) in [6, 6.07) is 1.58. The number of anilines is 1. The van der Waals surface area contributed by atoms with Gasteiger partial charge in [-0.3, -0.25) is 4.79 Å². The number of nitrogens with zero attached hydrogens (tertiary/aromatic N) is 2. The lowest BCUT2D eigenvalue weighted by Gasteiger charge is -2.07. The van der Waals surface area contributed by atoms with E-state index in [-0.39, 0.29) is 6.42 Å². The van der Waals surface area contributed by atoms with Crippen LogP contribution in [0.15, 0.2) is 6.07 Å². The summed E-state index contributed by atoms with van der Waals surface area (Å²) in [4.78, 5) is 18.5. The van der Waals surface area contributed by atoms with Gasteiger partial charge in [0.25, 0.3) is 0 Å². The Morgan fingerprint density at radius 1 is 1.28 bits per heavy atom. The molecule has 0 aliphatic heterocycles. The number of carboxylic acids is 1. The standard InChI is InChI=1S/C11H17N3O4/c1-17-8-7-9(18-2)14-11(13-8)12-6-4-3-5-10(15)16/h7H,3-6H2,1-2H3,(H,15,16)(H,12,13,14). The molecule has 1 aromatic heterocycles. The maximum absolute atomic E-state index is 10.3. The van der Waals surface area contributed by atoms with Crippen molar-refractivity contribution in [3.8, 4) is 11.8 Å². The molecule has 0 amide bonds. The van der Waals surface area contributed by atoms with E-state index in [0.29, 0.717) is 30.7 Å². The van der Waals surface area contributed by atoms with Crippen molar-refractivity contribution in [3.63, 3.8) is 0 Å². The smallest absolute Gasteiger partial charge is 0.303 e. The molecule has 0 bridgehead atoms. The zero-order valence-corrected chi connectivity index (χ0v) is 10.5. The second-order valence-corrected chi connectivity index (χ2v) is 3.55. The van der Waals surface area contributed by atoms with E-state index < -0.39 is 5.97 Å². The molecule has 2 N–H and O–H groups in total. The first-order chi connectivity index (χ1) is 8.65. The lowest BCUT2D eigenvalue weighted by molar-refractivity contribution is -0.137. The van der Waals surface area contributed by atoms with Gasteiger partial charge in [0.05, 0.1) is 20.3 Å². The molecule has 0 atom stereocenters. The molecule has 1 aromatic rings. The van der Waals surface area contributed by atoms with Crippen LogP contribution >= 0.6 is 0 Å². The maximum atomic E-state index is 10.3. The van der Waals surface area contributed by atoms with E-state index in [4.69, 9.17) is 14.6 Å². The Labute approximate surface area is 105 Å². The summed E-state index contributed by atoms with van der Waals surface area (Å²) >= 11 is 0. The molecule has 0 fully saturated rings. The molecule has 100 valence electrons. The Kier molecular flexibility index (Phi) is 5.69. The molecule has 0 saturated heterocycles. The maximum Gasteiger partial charge on any atom is 0.303 e. The number of hydrogen-bond donors (Lipinski definition) is 2. The van der Waals surface area contributed by atoms with Gasteiger partial charge in [-0.25, -0.2) is 0 Å². The fourth-order valence-corrected chi connectivity index (χ4v) is 1.29. The van der Waals surface area contributed by atoms with Crippen molar-refractivity contribution in [2.45, 2.75) is 19.3 Å². The minimum Gasteiger partial charge on any atom is -0.481 e. The fourth-order valence-electron chi connectivity index (χ4n) is 1.29. The molecule has 0 radical (unpaired) electrons. The Morgan fingerprint density at radius 2 is 1.89 bits per heavy atom. The second kappa shape index (κ2) is 7.31. The van der Waals surface area contributed by atoms with Crippen LogP contribution in [0.25, 0.3) is 0 Å². The van der Waals surface area contributed by atoms with E-state index >= 15 is 0 Å². The van der Waals surface area contributed by atoms with Crippen molar-refractivity contribution in [2.24, 2.45) is 0 Å². The van der Waals surface area contributed by atoms with Crippen LogP contribution in [-0.4, -0.2) is 41.8 Å². The third kappa shape index (κ3) is 4.86. The highest BCUT2D eigenvalue weighted by atomic mass is 16.5. The van der Waals surface area contributed by atoms with Gasteiger partial charge in [-0.05, 0) is 12.8 Å². The molecule has 0 aromatic carbocycles. The molecule has 1 rings (SSSR count). The van der Waals surface area contributed by atoms with Gasteiger partial charge >= 0.3 is 5.97 Å². The normalized spacial score (nSPS) is 9.89. The van der Waals surface area contributed by atoms with Crippen LogP contribution in [0.1, 0.15) is 19.3 Å². The predicted octanol–water partition coefficient (Wildman–Crippen LogP) is 1.16. The largest absolute Gasteiger partial charge is 0.481 e. The van der Waals surface area contributed by atoms with Crippen LogP contribution in [0.2, 0.25) is 0 Å². The van der Waals surface area contributed by atoms with Crippen LogP contribution in [0.3, 0.4) is 0 Å². The molecular formula is C11H17N3O4. The SMILES string of the molecule is COc1cc(OC)nc(NCCCCC(=O)O)n1. The van der Waals surface area contributed by atoms with E-state index in [1.807, 2.05) is 0 Å². The minimum atomic E-state index is -0.783. The van der Waals surface area contributed by atoms with Crippen molar-refractivity contribution in [3.05, 3.63) is 6.07 Å². The number of aromatic nitrogens is 2.